The summed E-state index contributed by atoms with van der Waals surface area (Å²) in [6.07, 6.45) is 0.591. The van der Waals surface area contributed by atoms with E-state index in [1.165, 1.54) is 0 Å². The van der Waals surface area contributed by atoms with Gasteiger partial charge in [-0.25, -0.2) is 0 Å². The molecule has 0 aromatic heterocycles. The summed E-state index contributed by atoms with van der Waals surface area (Å²) < 4.78 is 0. The fourth-order valence-electron chi connectivity index (χ4n) is 1.43. The zero-order valence-corrected chi connectivity index (χ0v) is 9.41. The van der Waals surface area contributed by atoms with Crippen LogP contribution in [0.25, 0.3) is 0 Å². The van der Waals surface area contributed by atoms with Gasteiger partial charge in [0.15, 0.2) is 5.75 Å². The van der Waals surface area contributed by atoms with Gasteiger partial charge in [0, 0.05) is 6.42 Å². The molecule has 0 aliphatic heterocycles. The van der Waals surface area contributed by atoms with Crippen LogP contribution in [0.15, 0.2) is 65.8 Å². The van der Waals surface area contributed by atoms with Crippen molar-refractivity contribution in [1.29, 1.82) is 0 Å². The van der Waals surface area contributed by atoms with Crippen LogP contribution in [0.4, 0.5) is 0 Å². The van der Waals surface area contributed by atoms with E-state index in [0.29, 0.717) is 18.0 Å². The first-order valence-corrected chi connectivity index (χ1v) is 5.43. The van der Waals surface area contributed by atoms with Crippen molar-refractivity contribution in [3.05, 3.63) is 66.2 Å². The Morgan fingerprint density at radius 1 is 0.941 bits per heavy atom. The lowest BCUT2D eigenvalue weighted by atomic mass is 10.1. The Balaban J connectivity index is 1.94. The van der Waals surface area contributed by atoms with Crippen LogP contribution in [-0.4, -0.2) is 5.84 Å². The average Bonchev–Trinajstić information content (AvgIpc) is 2.39. The van der Waals surface area contributed by atoms with Gasteiger partial charge in [-0.05, 0) is 17.7 Å². The highest BCUT2D eigenvalue weighted by Gasteiger charge is 1.97. The van der Waals surface area contributed by atoms with Gasteiger partial charge in [0.1, 0.15) is 5.84 Å². The van der Waals surface area contributed by atoms with Gasteiger partial charge in [0.25, 0.3) is 0 Å². The Bertz CT molecular complexity index is 480. The summed E-state index contributed by atoms with van der Waals surface area (Å²) >= 11 is 0. The van der Waals surface area contributed by atoms with Gasteiger partial charge in [0.2, 0.25) is 0 Å². The summed E-state index contributed by atoms with van der Waals surface area (Å²) in [6, 6.07) is 19.3. The minimum absolute atomic E-state index is 0.458. The van der Waals surface area contributed by atoms with Crippen LogP contribution in [-0.2, 0) is 6.42 Å². The minimum atomic E-state index is 0.458. The van der Waals surface area contributed by atoms with E-state index in [-0.39, 0.29) is 0 Å². The normalized spacial score (nSPS) is 11.2. The molecule has 0 spiro atoms. The molecule has 0 heterocycles. The fraction of sp³-hybridized carbons (Fsp3) is 0.0714. The molecular weight excluding hydrogens is 212 g/mol. The van der Waals surface area contributed by atoms with Crippen molar-refractivity contribution in [2.45, 2.75) is 6.42 Å². The summed E-state index contributed by atoms with van der Waals surface area (Å²) in [5, 5.41) is 3.88. The van der Waals surface area contributed by atoms with Crippen molar-refractivity contribution in [3.63, 3.8) is 0 Å². The van der Waals surface area contributed by atoms with Crippen LogP contribution < -0.4 is 10.6 Å². The maximum Gasteiger partial charge on any atom is 0.158 e. The maximum absolute atomic E-state index is 5.78. The highest BCUT2D eigenvalue weighted by atomic mass is 16.6. The third kappa shape index (κ3) is 3.65. The van der Waals surface area contributed by atoms with Gasteiger partial charge in [0.05, 0.1) is 0 Å². The Morgan fingerprint density at radius 3 is 2.18 bits per heavy atom. The minimum Gasteiger partial charge on any atom is -0.384 e. The van der Waals surface area contributed by atoms with Crippen LogP contribution in [0.1, 0.15) is 5.56 Å². The van der Waals surface area contributed by atoms with E-state index >= 15 is 0 Å². The lowest BCUT2D eigenvalue weighted by Gasteiger charge is -2.01. The maximum atomic E-state index is 5.78. The molecule has 0 atom stereocenters. The fourth-order valence-corrected chi connectivity index (χ4v) is 1.43. The number of amidine groups is 1. The first-order chi connectivity index (χ1) is 8.34. The monoisotopic (exact) mass is 226 g/mol. The molecule has 0 unspecified atom stereocenters. The summed E-state index contributed by atoms with van der Waals surface area (Å²) in [5.41, 5.74) is 6.89. The number of hydrogen-bond donors (Lipinski definition) is 1. The third-order valence-electron chi connectivity index (χ3n) is 2.24. The smallest absolute Gasteiger partial charge is 0.158 e. The third-order valence-corrected chi connectivity index (χ3v) is 2.24. The second-order valence-electron chi connectivity index (χ2n) is 3.65. The van der Waals surface area contributed by atoms with E-state index in [0.717, 1.165) is 5.56 Å². The van der Waals surface area contributed by atoms with Crippen molar-refractivity contribution in [2.24, 2.45) is 10.9 Å². The predicted octanol–water partition coefficient (Wildman–Crippen LogP) is 2.58. The predicted molar refractivity (Wildman–Crippen MR) is 68.8 cm³/mol. The van der Waals surface area contributed by atoms with Gasteiger partial charge >= 0.3 is 0 Å². The molecule has 2 aromatic rings. The Labute approximate surface area is 101 Å². The van der Waals surface area contributed by atoms with E-state index in [1.54, 1.807) is 0 Å². The molecule has 17 heavy (non-hydrogen) atoms. The molecule has 3 heteroatoms. The summed E-state index contributed by atoms with van der Waals surface area (Å²) in [5.74, 6) is 1.14. The molecule has 0 saturated heterocycles. The zero-order valence-electron chi connectivity index (χ0n) is 9.41. The van der Waals surface area contributed by atoms with Crippen LogP contribution in [0.5, 0.6) is 5.75 Å². The standard InChI is InChI=1S/C14H14N2O/c15-14(11-12-7-3-1-4-8-12)16-17-13-9-5-2-6-10-13/h1-10H,11H2,(H2,15,16). The van der Waals surface area contributed by atoms with E-state index in [2.05, 4.69) is 5.16 Å². The van der Waals surface area contributed by atoms with E-state index in [1.807, 2.05) is 60.7 Å². The first kappa shape index (κ1) is 11.2. The zero-order chi connectivity index (χ0) is 11.9. The van der Waals surface area contributed by atoms with Gasteiger partial charge in [-0.15, -0.1) is 0 Å². The highest BCUT2D eigenvalue weighted by Crippen LogP contribution is 2.08. The molecule has 0 radical (unpaired) electrons. The molecule has 86 valence electrons. The van der Waals surface area contributed by atoms with Gasteiger partial charge < -0.3 is 10.6 Å². The number of benzene rings is 2. The lowest BCUT2D eigenvalue weighted by Crippen LogP contribution is -2.16. The molecule has 0 fully saturated rings. The first-order valence-electron chi connectivity index (χ1n) is 5.43. The second-order valence-corrected chi connectivity index (χ2v) is 3.65. The van der Waals surface area contributed by atoms with Gasteiger partial charge in [-0.1, -0.05) is 53.7 Å². The SMILES string of the molecule is N/C(Cc1ccccc1)=N\Oc1ccccc1. The molecule has 0 amide bonds. The van der Waals surface area contributed by atoms with E-state index in [4.69, 9.17) is 10.6 Å². The summed E-state index contributed by atoms with van der Waals surface area (Å²) in [7, 11) is 0. The van der Waals surface area contributed by atoms with E-state index in [9.17, 15) is 0 Å². The summed E-state index contributed by atoms with van der Waals surface area (Å²) in [4.78, 5) is 5.20. The van der Waals surface area contributed by atoms with Gasteiger partial charge in [-0.2, -0.15) is 0 Å². The number of hydrogen-bond acceptors (Lipinski definition) is 2. The quantitative estimate of drug-likeness (QED) is 0.495. The van der Waals surface area contributed by atoms with Gasteiger partial charge in [-0.3, -0.25) is 0 Å². The van der Waals surface area contributed by atoms with Crippen molar-refractivity contribution < 1.29 is 4.84 Å². The van der Waals surface area contributed by atoms with Crippen molar-refractivity contribution in [1.82, 2.24) is 0 Å². The van der Waals surface area contributed by atoms with Crippen LogP contribution in [0.3, 0.4) is 0 Å². The van der Waals surface area contributed by atoms with Crippen LogP contribution in [0, 0.1) is 0 Å². The molecule has 0 aliphatic rings. The second kappa shape index (κ2) is 5.70. The lowest BCUT2D eigenvalue weighted by molar-refractivity contribution is 0.339. The highest BCUT2D eigenvalue weighted by molar-refractivity contribution is 5.82. The molecule has 0 saturated carbocycles. The molecule has 0 bridgehead atoms. The van der Waals surface area contributed by atoms with Crippen molar-refractivity contribution in [2.75, 3.05) is 0 Å². The van der Waals surface area contributed by atoms with Crippen molar-refractivity contribution in [3.8, 4) is 5.75 Å². The molecule has 3 nitrogen and oxygen atoms in total. The number of nitrogens with two attached hydrogens (primary N) is 1. The number of oxime groups is 1. The molecule has 2 rings (SSSR count). The molecule has 0 aliphatic carbocycles. The Kier molecular flexibility index (Phi) is 3.76. The van der Waals surface area contributed by atoms with Crippen LogP contribution >= 0.6 is 0 Å². The Morgan fingerprint density at radius 2 is 1.53 bits per heavy atom. The average molecular weight is 226 g/mol. The largest absolute Gasteiger partial charge is 0.384 e. The topological polar surface area (TPSA) is 47.6 Å². The summed E-state index contributed by atoms with van der Waals surface area (Å²) in [6.45, 7) is 0. The molecular formula is C14H14N2O. The molecule has 2 N–H and O–H groups in total. The number of rotatable bonds is 4. The van der Waals surface area contributed by atoms with E-state index < -0.39 is 0 Å². The number of nitrogens with zero attached hydrogens (tertiary/aromatic N) is 1. The number of para-hydroxylation sites is 1. The molecule has 2 aromatic carbocycles. The Hall–Kier alpha value is -2.29. The van der Waals surface area contributed by atoms with Crippen LogP contribution in [0.2, 0.25) is 0 Å². The van der Waals surface area contributed by atoms with Crippen molar-refractivity contribution >= 4 is 5.84 Å².